The molecule has 33 heteroatoms. The van der Waals surface area contributed by atoms with Crippen LogP contribution in [-0.4, -0.2) is 164 Å². The van der Waals surface area contributed by atoms with E-state index < -0.39 is 47.7 Å². The SMILES string of the molecule is C.C.C.C.C.C.COC(=O)CCCCC[C@H]1NC(=O)N[C@H]1C.COC(=O)CCCCC[C@H]1NC(=S)N[C@H]1C.C[C@@H]1NC(=S)N[C@@H]1CCCCCC(=O)O.C[C@@H]1NC(=S)N[C@@H]1CCCCCC(=O)ON1C(=O)CCC1=O.O=C1CCC(=O)N1OC(=O)C(F)(F)F.[Na+].[OH-]. The number of amides is 6. The number of nitrogens with one attached hydrogen (secondary N) is 8. The van der Waals surface area contributed by atoms with Crippen LogP contribution >= 0.6 is 36.7 Å². The summed E-state index contributed by atoms with van der Waals surface area (Å²) in [5.41, 5.74) is 0. The Balaban J connectivity index is -0.000000191. The molecule has 91 heavy (non-hydrogen) atoms. The Labute approximate surface area is 576 Å². The maximum absolute atomic E-state index is 11.6. The molecule has 6 rings (SSSR count). The third-order valence-electron chi connectivity index (χ3n) is 13.8. The molecule has 0 unspecified atom stereocenters. The van der Waals surface area contributed by atoms with Gasteiger partial charge >= 0.3 is 71.6 Å². The van der Waals surface area contributed by atoms with Gasteiger partial charge in [-0.2, -0.15) is 13.2 Å². The van der Waals surface area contributed by atoms with Crippen molar-refractivity contribution in [3.05, 3.63) is 0 Å². The number of carbonyl (C=O) groups excluding carboxylic acids is 9. The van der Waals surface area contributed by atoms with Crippen LogP contribution < -0.4 is 72.1 Å². The van der Waals surface area contributed by atoms with Crippen LogP contribution in [0.1, 0.15) is 226 Å². The van der Waals surface area contributed by atoms with E-state index in [1.165, 1.54) is 14.2 Å². The molecule has 10 N–H and O–H groups in total. The minimum Gasteiger partial charge on any atom is -0.870 e. The van der Waals surface area contributed by atoms with E-state index >= 15 is 0 Å². The molecule has 6 heterocycles. The molecule has 6 aliphatic heterocycles. The number of imide groups is 2. The molecule has 0 aromatic heterocycles. The number of carboxylic acid groups (broad SMARTS) is 1. The maximum Gasteiger partial charge on any atom is 1.00 e. The molecule has 0 radical (unpaired) electrons. The van der Waals surface area contributed by atoms with E-state index in [2.05, 4.69) is 77.6 Å². The molecule has 0 saturated carbocycles. The van der Waals surface area contributed by atoms with Gasteiger partial charge in [0.1, 0.15) is 0 Å². The molecule has 6 saturated heterocycles. The van der Waals surface area contributed by atoms with Gasteiger partial charge in [-0.3, -0.25) is 33.6 Å². The quantitative estimate of drug-likeness (QED) is 0.0173. The standard InChI is InChI=1S/C14H21N3O4S.C11H20N2O3.C11H20N2O2S.C10H18N2O2S.C6H4F3NO4.6CH4.Na.H2O/c1-9-10(16-14(22)15-9)5-3-2-4-6-13(20)21-17-11(18)7-8-12(17)19;1-8-9(13-11(15)12-8)6-4-3-5-7-10(14)16-2;1-8-9(13-11(16)12-8)6-4-3-5-7-10(14)15-2;1-7-8(12-10(15)11-7)5-3-2-4-6-9(13)14;7-6(8,9)5(13)14-10-3(11)1-2-4(10)12;;;;;;;;/h9-10H,2-8H2,1H3,(H2,15,16,22);8-9H,3-7H2,1-2H3,(H2,12,13,15);8-9H,3-7H2,1-2H3,(H2,12,13,16);7-8H,2-6H2,1H3,(H,13,14)(H2,11,12,15);1-2H2;6*1H4;;1H2/q;;;;;;;;;;;+1;/p-1/t9-,10+;2*8-,9+;7-,8+;;;;;;;;;/m0000........./s1. The van der Waals surface area contributed by atoms with Gasteiger partial charge in [0.15, 0.2) is 15.3 Å². The molecule has 526 valence electrons. The van der Waals surface area contributed by atoms with Crippen LogP contribution in [-0.2, 0) is 62.3 Å². The second-order valence-corrected chi connectivity index (χ2v) is 21.7. The maximum atomic E-state index is 11.6. The first-order valence-corrected chi connectivity index (χ1v) is 29.2. The molecular weight excluding hydrogens is 1270 g/mol. The van der Waals surface area contributed by atoms with E-state index in [-0.39, 0.29) is 153 Å². The molecule has 0 spiro atoms. The van der Waals surface area contributed by atoms with Crippen molar-refractivity contribution in [1.29, 1.82) is 0 Å². The number of hydrogen-bond acceptors (Lipinski definition) is 18. The summed E-state index contributed by atoms with van der Waals surface area (Å²) < 4.78 is 44.0. The Bertz CT molecular complexity index is 2170. The number of thiocarbonyl (C=S) groups is 3. The van der Waals surface area contributed by atoms with Gasteiger partial charge in [0.05, 0.1) is 20.3 Å². The van der Waals surface area contributed by atoms with E-state index in [9.17, 15) is 61.1 Å². The van der Waals surface area contributed by atoms with Crippen molar-refractivity contribution in [2.24, 2.45) is 0 Å². The van der Waals surface area contributed by atoms with Gasteiger partial charge in [-0.05, 0) is 116 Å². The number of ether oxygens (including phenoxy) is 2. The molecule has 0 aromatic carbocycles. The normalized spacial score (nSPS) is 21.0. The zero-order valence-electron chi connectivity index (χ0n) is 49.5. The van der Waals surface area contributed by atoms with E-state index in [0.29, 0.717) is 65.7 Å². The Morgan fingerprint density at radius 3 is 0.978 bits per heavy atom. The minimum atomic E-state index is -5.22. The first-order valence-electron chi connectivity index (χ1n) is 28.0. The molecule has 0 aliphatic carbocycles. The van der Waals surface area contributed by atoms with E-state index in [1.54, 1.807) is 0 Å². The molecule has 6 amide bonds. The zero-order valence-corrected chi connectivity index (χ0v) is 53.9. The van der Waals surface area contributed by atoms with Gasteiger partial charge in [-0.15, -0.1) is 10.1 Å². The monoisotopic (exact) mass is 1380 g/mol. The number of methoxy groups -OCH3 is 2. The van der Waals surface area contributed by atoms with Gasteiger partial charge in [0, 0.05) is 93.7 Å². The molecular formula is C58H108F3N10NaO16S3. The number of halogens is 3. The topological polar surface area (TPSA) is 361 Å². The first kappa shape index (κ1) is 99.3. The number of hydrogen-bond donors (Lipinski definition) is 9. The number of alkyl halides is 3. The minimum absolute atomic E-state index is 0. The number of esters is 2. The fraction of sp³-hybridized carbons (Fsp3) is 0.776. The Morgan fingerprint density at radius 2 is 0.725 bits per heavy atom. The Morgan fingerprint density at radius 1 is 0.451 bits per heavy atom. The van der Waals surface area contributed by atoms with Crippen LogP contribution in [0.5, 0.6) is 0 Å². The van der Waals surface area contributed by atoms with Crippen LogP contribution in [0.25, 0.3) is 0 Å². The van der Waals surface area contributed by atoms with Crippen molar-refractivity contribution < 1.29 is 120 Å². The summed E-state index contributed by atoms with van der Waals surface area (Å²) in [7, 11) is 2.84. The molecule has 26 nitrogen and oxygen atoms in total. The van der Waals surface area contributed by atoms with Gasteiger partial charge < -0.3 is 72.3 Å². The van der Waals surface area contributed by atoms with Crippen molar-refractivity contribution in [1.82, 2.24) is 52.7 Å². The van der Waals surface area contributed by atoms with E-state index in [4.69, 9.17) is 46.6 Å². The van der Waals surface area contributed by atoms with Gasteiger partial charge in [0.25, 0.3) is 23.6 Å². The number of carboxylic acids is 1. The smallest absolute Gasteiger partial charge is 0.870 e. The summed E-state index contributed by atoms with van der Waals surface area (Å²) in [4.78, 5) is 117. The van der Waals surface area contributed by atoms with Crippen molar-refractivity contribution in [3.8, 4) is 0 Å². The van der Waals surface area contributed by atoms with Crippen molar-refractivity contribution in [3.63, 3.8) is 0 Å². The largest absolute Gasteiger partial charge is 1.00 e. The van der Waals surface area contributed by atoms with Crippen LogP contribution in [0, 0.1) is 0 Å². The fourth-order valence-electron chi connectivity index (χ4n) is 8.91. The molecule has 0 bridgehead atoms. The summed E-state index contributed by atoms with van der Waals surface area (Å²) in [5, 5.41) is 35.9. The van der Waals surface area contributed by atoms with Crippen LogP contribution in [0.15, 0.2) is 0 Å². The van der Waals surface area contributed by atoms with E-state index in [0.717, 1.165) is 107 Å². The number of nitrogens with zero attached hydrogens (tertiary/aromatic N) is 2. The molecule has 0 aromatic rings. The number of unbranched alkanes of at least 4 members (excludes halogenated alkanes) is 8. The third-order valence-corrected chi connectivity index (χ3v) is 14.5. The van der Waals surface area contributed by atoms with E-state index in [1.807, 2.05) is 6.92 Å². The molecule has 6 fully saturated rings. The predicted octanol–water partition coefficient (Wildman–Crippen LogP) is 5.36. The van der Waals surface area contributed by atoms with Gasteiger partial charge in [-0.1, -0.05) is 95.9 Å². The van der Waals surface area contributed by atoms with Crippen LogP contribution in [0.3, 0.4) is 0 Å². The van der Waals surface area contributed by atoms with Crippen molar-refractivity contribution in [2.45, 2.75) is 281 Å². The average Bonchev–Trinajstić information content (AvgIpc) is 2.68. The summed E-state index contributed by atoms with van der Waals surface area (Å²) in [6.07, 6.45) is 11.4. The van der Waals surface area contributed by atoms with Crippen LogP contribution in [0.4, 0.5) is 18.0 Å². The molecule has 6 aliphatic rings. The predicted molar refractivity (Wildman–Crippen MR) is 348 cm³/mol. The number of hydroxylamine groups is 4. The summed E-state index contributed by atoms with van der Waals surface area (Å²) in [6.45, 7) is 8.31. The fourth-order valence-corrected chi connectivity index (χ4v) is 9.92. The van der Waals surface area contributed by atoms with Crippen molar-refractivity contribution >= 4 is 111 Å². The Kier molecular flexibility index (Phi) is 58.0. The number of aliphatic carboxylic acids is 1. The average molecular weight is 1380 g/mol. The van der Waals surface area contributed by atoms with Gasteiger partial charge in [-0.25, -0.2) is 14.4 Å². The molecule has 8 atom stereocenters. The number of rotatable bonds is 26. The van der Waals surface area contributed by atoms with Gasteiger partial charge in [0.2, 0.25) is 0 Å². The first-order chi connectivity index (χ1) is 39.1. The Hall–Kier alpha value is -5.28. The second kappa shape index (κ2) is 53.1. The van der Waals surface area contributed by atoms with Crippen molar-refractivity contribution in [2.75, 3.05) is 14.2 Å². The summed E-state index contributed by atoms with van der Waals surface area (Å²) >= 11 is 15.1. The zero-order chi connectivity index (χ0) is 62.2. The summed E-state index contributed by atoms with van der Waals surface area (Å²) in [6, 6.07) is 2.65. The number of carbonyl (C=O) groups is 10. The number of urea groups is 1. The van der Waals surface area contributed by atoms with Crippen LogP contribution in [0.2, 0.25) is 0 Å². The third kappa shape index (κ3) is 41.1. The second-order valence-electron chi connectivity index (χ2n) is 20.5. The summed E-state index contributed by atoms with van der Waals surface area (Å²) in [5.74, 6) is -6.86.